The molecule has 0 bridgehead atoms. The van der Waals surface area contributed by atoms with Crippen LogP contribution in [0.5, 0.6) is 0 Å². The lowest BCUT2D eigenvalue weighted by Gasteiger charge is -2.22. The van der Waals surface area contributed by atoms with E-state index in [2.05, 4.69) is 75.8 Å². The number of allylic oxidation sites excluding steroid dienone is 4. The summed E-state index contributed by atoms with van der Waals surface area (Å²) in [4.78, 5) is 0. The highest BCUT2D eigenvalue weighted by atomic mass is 14.9. The zero-order valence-electron chi connectivity index (χ0n) is 20.3. The maximum atomic E-state index is 4.61. The molecule has 0 amide bonds. The molecule has 3 rings (SSSR count). The smallest absolute Gasteiger partial charge is 0.0384 e. The zero-order valence-corrected chi connectivity index (χ0v) is 20.3. The summed E-state index contributed by atoms with van der Waals surface area (Å²) >= 11 is 0. The van der Waals surface area contributed by atoms with E-state index in [-0.39, 0.29) is 0 Å². The number of benzene rings is 1. The first-order valence-electron chi connectivity index (χ1n) is 11.6. The lowest BCUT2D eigenvalue weighted by molar-refractivity contribution is 0.307. The summed E-state index contributed by atoms with van der Waals surface area (Å²) < 4.78 is 0. The van der Waals surface area contributed by atoms with Crippen molar-refractivity contribution in [3.63, 3.8) is 0 Å². The van der Waals surface area contributed by atoms with Crippen LogP contribution >= 0.6 is 0 Å². The van der Waals surface area contributed by atoms with Crippen molar-refractivity contribution in [3.8, 4) is 0 Å². The molecular weight excluding hydrogens is 364 g/mol. The van der Waals surface area contributed by atoms with Gasteiger partial charge in [0.15, 0.2) is 0 Å². The van der Waals surface area contributed by atoms with Crippen LogP contribution in [0.3, 0.4) is 0 Å². The molecule has 0 spiro atoms. The first-order chi connectivity index (χ1) is 14.4. The Hall–Kier alpha value is -2.22. The van der Waals surface area contributed by atoms with E-state index in [1.807, 2.05) is 19.9 Å². The van der Waals surface area contributed by atoms with Crippen molar-refractivity contribution in [2.45, 2.75) is 79.6 Å². The van der Waals surface area contributed by atoms with Gasteiger partial charge in [0.05, 0.1) is 0 Å². The molecule has 0 aliphatic heterocycles. The minimum Gasteiger partial charge on any atom is -0.405 e. The molecule has 2 aliphatic carbocycles. The minimum absolute atomic E-state index is 0.680. The monoisotopic (exact) mass is 410 g/mol. The molecule has 1 atom stereocenters. The number of nitrogens with one attached hydrogen (secondary N) is 1. The van der Waals surface area contributed by atoms with Crippen molar-refractivity contribution < 1.29 is 0 Å². The van der Waals surface area contributed by atoms with Crippen molar-refractivity contribution in [2.24, 2.45) is 17.6 Å². The molecule has 1 aromatic carbocycles. The van der Waals surface area contributed by atoms with Gasteiger partial charge in [-0.3, -0.25) is 0 Å². The number of anilines is 1. The first kappa shape index (κ1) is 27.8. The molecule has 0 radical (unpaired) electrons. The predicted octanol–water partition coefficient (Wildman–Crippen LogP) is 8.45. The van der Waals surface area contributed by atoms with Gasteiger partial charge < -0.3 is 11.1 Å². The third-order valence-corrected chi connectivity index (χ3v) is 5.67. The SMILES string of the molecule is C=CC1=CCC(CC(=C)Nc2ccc(C)c(C)c2)C1.C=CN.CC.CCC1CCC1. The Labute approximate surface area is 187 Å². The fraction of sp³-hybridized carbons (Fsp3) is 0.500. The summed E-state index contributed by atoms with van der Waals surface area (Å²) in [7, 11) is 0. The molecule has 2 aliphatic rings. The molecule has 1 aromatic rings. The van der Waals surface area contributed by atoms with Gasteiger partial charge in [0.25, 0.3) is 0 Å². The van der Waals surface area contributed by atoms with Crippen molar-refractivity contribution in [3.05, 3.63) is 78.7 Å². The normalized spacial score (nSPS) is 16.7. The minimum atomic E-state index is 0.680. The van der Waals surface area contributed by atoms with E-state index in [1.165, 1.54) is 48.6 Å². The Kier molecular flexibility index (Phi) is 15.3. The van der Waals surface area contributed by atoms with Crippen LogP contribution in [-0.2, 0) is 0 Å². The van der Waals surface area contributed by atoms with E-state index in [4.69, 9.17) is 0 Å². The van der Waals surface area contributed by atoms with Gasteiger partial charge in [-0.2, -0.15) is 0 Å². The third kappa shape index (κ3) is 11.1. The molecule has 0 aromatic heterocycles. The standard InChI is InChI=1S/C18H23N.C6H12.C2H5N.C2H6/c1-5-16-7-8-17(12-16)11-15(4)19-18-9-6-13(2)14(3)10-18;1-2-6-4-3-5-6;1-2-3;1-2/h5-7,9-10,17,19H,1,4,8,11-12H2,2-3H3;6H,2-5H2,1H3;2H,1,3H2;1-2H3. The summed E-state index contributed by atoms with van der Waals surface area (Å²) in [6.07, 6.45) is 14.8. The van der Waals surface area contributed by atoms with Crippen LogP contribution in [0.1, 0.15) is 76.8 Å². The quantitative estimate of drug-likeness (QED) is 0.493. The molecule has 2 nitrogen and oxygen atoms in total. The van der Waals surface area contributed by atoms with Crippen molar-refractivity contribution in [2.75, 3.05) is 5.32 Å². The molecular formula is C28H46N2. The Morgan fingerprint density at radius 3 is 2.17 bits per heavy atom. The Balaban J connectivity index is 0.000000632. The van der Waals surface area contributed by atoms with Gasteiger partial charge in [0, 0.05) is 11.4 Å². The number of hydrogen-bond acceptors (Lipinski definition) is 2. The van der Waals surface area contributed by atoms with E-state index in [0.29, 0.717) is 5.92 Å². The summed E-state index contributed by atoms with van der Waals surface area (Å²) in [5.41, 5.74) is 10.9. The molecule has 1 unspecified atom stereocenters. The van der Waals surface area contributed by atoms with Crippen LogP contribution in [0, 0.1) is 25.7 Å². The van der Waals surface area contributed by atoms with Gasteiger partial charge in [0.2, 0.25) is 0 Å². The second-order valence-electron chi connectivity index (χ2n) is 7.96. The summed E-state index contributed by atoms with van der Waals surface area (Å²) in [6.45, 7) is 21.7. The highest BCUT2D eigenvalue weighted by molar-refractivity contribution is 5.51. The number of nitrogens with two attached hydrogens (primary N) is 1. The Bertz CT molecular complexity index is 662. The average molecular weight is 411 g/mol. The van der Waals surface area contributed by atoms with E-state index < -0.39 is 0 Å². The molecule has 168 valence electrons. The van der Waals surface area contributed by atoms with E-state index in [9.17, 15) is 0 Å². The summed E-state index contributed by atoms with van der Waals surface area (Å²) in [6, 6.07) is 6.45. The van der Waals surface area contributed by atoms with Crippen LogP contribution in [0.4, 0.5) is 5.69 Å². The summed E-state index contributed by atoms with van der Waals surface area (Å²) in [5, 5.41) is 3.43. The van der Waals surface area contributed by atoms with Crippen molar-refractivity contribution in [1.82, 2.24) is 0 Å². The fourth-order valence-corrected chi connectivity index (χ4v) is 3.46. The summed E-state index contributed by atoms with van der Waals surface area (Å²) in [5.74, 6) is 1.80. The van der Waals surface area contributed by atoms with Gasteiger partial charge in [-0.05, 0) is 74.4 Å². The first-order valence-corrected chi connectivity index (χ1v) is 11.6. The van der Waals surface area contributed by atoms with Gasteiger partial charge >= 0.3 is 0 Å². The molecule has 1 saturated carbocycles. The van der Waals surface area contributed by atoms with E-state index >= 15 is 0 Å². The van der Waals surface area contributed by atoms with Crippen molar-refractivity contribution >= 4 is 5.69 Å². The lowest BCUT2D eigenvalue weighted by atomic mass is 9.84. The second-order valence-corrected chi connectivity index (χ2v) is 7.96. The largest absolute Gasteiger partial charge is 0.405 e. The van der Waals surface area contributed by atoms with Gasteiger partial charge in [-0.1, -0.05) is 90.0 Å². The Morgan fingerprint density at radius 2 is 1.77 bits per heavy atom. The third-order valence-electron chi connectivity index (χ3n) is 5.67. The van der Waals surface area contributed by atoms with E-state index in [1.54, 1.807) is 0 Å². The van der Waals surface area contributed by atoms with Crippen LogP contribution in [-0.4, -0.2) is 0 Å². The molecule has 30 heavy (non-hydrogen) atoms. The van der Waals surface area contributed by atoms with Gasteiger partial charge in [0.1, 0.15) is 0 Å². The fourth-order valence-electron chi connectivity index (χ4n) is 3.46. The molecule has 3 N–H and O–H groups in total. The maximum Gasteiger partial charge on any atom is 0.0384 e. The van der Waals surface area contributed by atoms with Crippen LogP contribution in [0.2, 0.25) is 0 Å². The number of aryl methyl sites for hydroxylation is 2. The molecule has 2 heteroatoms. The number of rotatable bonds is 6. The van der Waals surface area contributed by atoms with Gasteiger partial charge in [-0.25, -0.2) is 0 Å². The van der Waals surface area contributed by atoms with Crippen LogP contribution < -0.4 is 11.1 Å². The average Bonchev–Trinajstić information content (AvgIpc) is 3.14. The zero-order chi connectivity index (χ0) is 22.9. The predicted molar refractivity (Wildman–Crippen MR) is 138 cm³/mol. The lowest BCUT2D eigenvalue weighted by Crippen LogP contribution is -2.08. The maximum absolute atomic E-state index is 4.61. The Morgan fingerprint density at radius 1 is 1.13 bits per heavy atom. The molecule has 1 fully saturated rings. The highest BCUT2D eigenvalue weighted by Crippen LogP contribution is 2.30. The van der Waals surface area contributed by atoms with Crippen LogP contribution in [0.15, 0.2) is 67.6 Å². The van der Waals surface area contributed by atoms with Crippen LogP contribution in [0.25, 0.3) is 0 Å². The molecule has 0 heterocycles. The topological polar surface area (TPSA) is 38.0 Å². The van der Waals surface area contributed by atoms with Crippen molar-refractivity contribution in [1.29, 1.82) is 0 Å². The second kappa shape index (κ2) is 16.6. The molecule has 0 saturated heterocycles. The van der Waals surface area contributed by atoms with Gasteiger partial charge in [-0.15, -0.1) is 0 Å². The number of hydrogen-bond donors (Lipinski definition) is 2. The highest BCUT2D eigenvalue weighted by Gasteiger charge is 2.16. The van der Waals surface area contributed by atoms with E-state index in [0.717, 1.165) is 36.6 Å².